The highest BCUT2D eigenvalue weighted by molar-refractivity contribution is 7.80. The van der Waals surface area contributed by atoms with E-state index in [0.717, 1.165) is 30.2 Å². The lowest BCUT2D eigenvalue weighted by atomic mass is 9.98. The van der Waals surface area contributed by atoms with Gasteiger partial charge in [-0.15, -0.1) is 4.36 Å². The Balaban J connectivity index is 1.52. The molecule has 1 heterocycles. The summed E-state index contributed by atoms with van der Waals surface area (Å²) in [5.74, 6) is -0.0128. The summed E-state index contributed by atoms with van der Waals surface area (Å²) in [5.41, 5.74) is 3.58. The number of amides is 2. The van der Waals surface area contributed by atoms with Gasteiger partial charge in [-0.3, -0.25) is 0 Å². The van der Waals surface area contributed by atoms with Gasteiger partial charge < -0.3 is 26.1 Å². The van der Waals surface area contributed by atoms with Crippen LogP contribution in [0.5, 0.6) is 0 Å². The first kappa shape index (κ1) is 22.7. The van der Waals surface area contributed by atoms with Gasteiger partial charge in [0.1, 0.15) is 24.0 Å². The molecule has 4 rings (SSSR count). The van der Waals surface area contributed by atoms with Crippen molar-refractivity contribution in [3.05, 3.63) is 38.9 Å². The summed E-state index contributed by atoms with van der Waals surface area (Å²) in [6, 6.07) is -0.915. The number of hydrogen-bond acceptors (Lipinski definition) is 6. The quantitative estimate of drug-likeness (QED) is 0.325. The molecular formula is C21H27F2N5O3S. The summed E-state index contributed by atoms with van der Waals surface area (Å²) in [4.78, 5) is 12.6. The molecular weight excluding hydrogens is 440 g/mol. The van der Waals surface area contributed by atoms with Crippen LogP contribution in [0.4, 0.5) is 19.3 Å². The molecule has 1 fully saturated rings. The molecule has 174 valence electrons. The van der Waals surface area contributed by atoms with Gasteiger partial charge in [0.2, 0.25) is 5.88 Å². The maximum atomic E-state index is 14.8. The van der Waals surface area contributed by atoms with Crippen molar-refractivity contribution in [2.45, 2.75) is 44.6 Å². The third kappa shape index (κ3) is 4.49. The lowest BCUT2D eigenvalue weighted by Gasteiger charge is -2.27. The third-order valence-electron chi connectivity index (χ3n) is 6.02. The van der Waals surface area contributed by atoms with Crippen LogP contribution in [-0.4, -0.2) is 48.9 Å². The first-order valence-corrected chi connectivity index (χ1v) is 12.0. The Hall–Kier alpha value is -2.53. The molecule has 11 heteroatoms. The summed E-state index contributed by atoms with van der Waals surface area (Å²) in [7, 11) is -2.59. The Morgan fingerprint density at radius 2 is 1.88 bits per heavy atom. The molecule has 2 aliphatic carbocycles. The topological polar surface area (TPSA) is 116 Å². The van der Waals surface area contributed by atoms with E-state index in [9.17, 15) is 17.8 Å². The van der Waals surface area contributed by atoms with Crippen molar-refractivity contribution in [2.75, 3.05) is 31.7 Å². The summed E-state index contributed by atoms with van der Waals surface area (Å²) >= 11 is 0. The standard InChI is InChI=1S/C21H27F2N5O3S/c22-7-8-25-12-10-26-20(31-11-12)17(9-24)32(30)28-21(29)27-19-15-5-1-3-13(15)18(23)14-4-2-6-16(14)19/h9,12,24-26,32H,1-8,10-11H2,(H,27,29)/b20-17-,24-9?. The van der Waals surface area contributed by atoms with E-state index in [2.05, 4.69) is 20.3 Å². The molecule has 1 saturated heterocycles. The van der Waals surface area contributed by atoms with E-state index < -0.39 is 23.3 Å². The van der Waals surface area contributed by atoms with Gasteiger partial charge in [0, 0.05) is 25.0 Å². The summed E-state index contributed by atoms with van der Waals surface area (Å²) in [6.45, 7) is 0.316. The smallest absolute Gasteiger partial charge is 0.353 e. The minimum Gasteiger partial charge on any atom is -0.477 e. The molecule has 2 atom stereocenters. The largest absolute Gasteiger partial charge is 0.477 e. The molecule has 32 heavy (non-hydrogen) atoms. The van der Waals surface area contributed by atoms with Gasteiger partial charge in [0.05, 0.1) is 16.6 Å². The van der Waals surface area contributed by atoms with Crippen molar-refractivity contribution in [1.82, 2.24) is 10.6 Å². The second-order valence-electron chi connectivity index (χ2n) is 8.00. The zero-order valence-corrected chi connectivity index (χ0v) is 18.5. The van der Waals surface area contributed by atoms with E-state index in [4.69, 9.17) is 10.1 Å². The van der Waals surface area contributed by atoms with Crippen molar-refractivity contribution in [1.29, 1.82) is 5.41 Å². The van der Waals surface area contributed by atoms with Gasteiger partial charge in [-0.05, 0) is 60.8 Å². The number of benzene rings is 1. The normalized spacial score (nSPS) is 21.9. The van der Waals surface area contributed by atoms with Crippen molar-refractivity contribution in [3.8, 4) is 0 Å². The van der Waals surface area contributed by atoms with Crippen LogP contribution in [0.25, 0.3) is 0 Å². The number of ether oxygens (including phenoxy) is 1. The summed E-state index contributed by atoms with van der Waals surface area (Å²) in [6.07, 6.45) is 5.18. The number of hydrogen-bond donors (Lipinski definition) is 5. The van der Waals surface area contributed by atoms with Gasteiger partial charge in [-0.1, -0.05) is 0 Å². The number of rotatable bonds is 6. The SMILES string of the molecule is N=CC(=C1\NCC(NCCF)CO1)/[SH](=O)=N/C(=O)Nc1c2c(c(F)c3c1CCC3)CCC2. The number of allylic oxidation sites excluding steroid dienone is 1. The number of fused-ring (bicyclic) bond motifs is 2. The minimum atomic E-state index is -2.59. The molecule has 2 unspecified atom stereocenters. The van der Waals surface area contributed by atoms with E-state index in [1.807, 2.05) is 0 Å². The fourth-order valence-electron chi connectivity index (χ4n) is 4.58. The first-order valence-electron chi connectivity index (χ1n) is 10.8. The molecule has 0 radical (unpaired) electrons. The lowest BCUT2D eigenvalue weighted by Crippen LogP contribution is -2.47. The second-order valence-corrected chi connectivity index (χ2v) is 9.23. The van der Waals surface area contributed by atoms with E-state index in [0.29, 0.717) is 49.0 Å². The predicted octanol–water partition coefficient (Wildman–Crippen LogP) is 2.37. The monoisotopic (exact) mass is 467 g/mol. The number of thiol groups is 1. The van der Waals surface area contributed by atoms with Gasteiger partial charge >= 0.3 is 6.03 Å². The maximum Gasteiger partial charge on any atom is 0.353 e. The van der Waals surface area contributed by atoms with Crippen molar-refractivity contribution in [2.24, 2.45) is 4.36 Å². The van der Waals surface area contributed by atoms with E-state index in [1.165, 1.54) is 0 Å². The van der Waals surface area contributed by atoms with Crippen molar-refractivity contribution >= 4 is 28.5 Å². The fourth-order valence-corrected chi connectivity index (χ4v) is 5.33. The van der Waals surface area contributed by atoms with Crippen LogP contribution in [0.3, 0.4) is 0 Å². The molecule has 0 aromatic heterocycles. The zero-order chi connectivity index (χ0) is 22.7. The van der Waals surface area contributed by atoms with Crippen LogP contribution in [0.2, 0.25) is 0 Å². The van der Waals surface area contributed by atoms with Crippen LogP contribution in [0.1, 0.15) is 35.1 Å². The number of halogens is 2. The van der Waals surface area contributed by atoms with E-state index in [1.54, 1.807) is 0 Å². The number of alkyl halides is 1. The summed E-state index contributed by atoms with van der Waals surface area (Å²) in [5, 5.41) is 16.2. The number of carbonyl (C=O) groups excluding carboxylic acids is 1. The average molecular weight is 468 g/mol. The number of anilines is 1. The highest BCUT2D eigenvalue weighted by Crippen LogP contribution is 2.41. The van der Waals surface area contributed by atoms with Gasteiger partial charge in [0.25, 0.3) is 0 Å². The van der Waals surface area contributed by atoms with Crippen LogP contribution in [-0.2, 0) is 41.0 Å². The lowest BCUT2D eigenvalue weighted by molar-refractivity contribution is 0.125. The number of nitrogens with one attached hydrogen (secondary N) is 4. The third-order valence-corrected chi connectivity index (χ3v) is 7.13. The molecule has 8 nitrogen and oxygen atoms in total. The Morgan fingerprint density at radius 1 is 1.22 bits per heavy atom. The minimum absolute atomic E-state index is 0.0337. The molecule has 1 aliphatic heterocycles. The average Bonchev–Trinajstić information content (AvgIpc) is 3.47. The summed E-state index contributed by atoms with van der Waals surface area (Å²) < 4.78 is 49.0. The molecule has 2 amide bonds. The van der Waals surface area contributed by atoms with E-state index >= 15 is 0 Å². The van der Waals surface area contributed by atoms with Gasteiger partial charge in [0.15, 0.2) is 0 Å². The number of nitrogens with zero attached hydrogens (tertiary/aromatic N) is 1. The first-order chi connectivity index (χ1) is 15.5. The molecule has 3 aliphatic rings. The second kappa shape index (κ2) is 9.95. The van der Waals surface area contributed by atoms with Crippen molar-refractivity contribution < 1.29 is 22.5 Å². The molecule has 4 N–H and O–H groups in total. The number of carbonyl (C=O) groups is 1. The van der Waals surface area contributed by atoms with Gasteiger partial charge in [-0.2, -0.15) is 0 Å². The van der Waals surface area contributed by atoms with E-state index in [-0.39, 0.29) is 35.8 Å². The van der Waals surface area contributed by atoms with Crippen molar-refractivity contribution in [3.63, 3.8) is 0 Å². The Bertz CT molecular complexity index is 1010. The molecule has 0 saturated carbocycles. The van der Waals surface area contributed by atoms with Crippen LogP contribution >= 0.6 is 0 Å². The molecule has 0 spiro atoms. The van der Waals surface area contributed by atoms with Crippen LogP contribution in [0.15, 0.2) is 15.2 Å². The molecule has 0 bridgehead atoms. The Kier molecular flexibility index (Phi) is 7.04. The Morgan fingerprint density at radius 3 is 2.44 bits per heavy atom. The number of urea groups is 1. The molecule has 1 aromatic rings. The molecule has 1 aromatic carbocycles. The van der Waals surface area contributed by atoms with Crippen LogP contribution in [0, 0.1) is 11.2 Å². The highest BCUT2D eigenvalue weighted by Gasteiger charge is 2.29. The maximum absolute atomic E-state index is 14.8. The Labute approximate surface area is 186 Å². The predicted molar refractivity (Wildman–Crippen MR) is 119 cm³/mol. The van der Waals surface area contributed by atoms with Crippen LogP contribution < -0.4 is 16.0 Å². The fraction of sp³-hybridized carbons (Fsp3) is 0.524. The highest BCUT2D eigenvalue weighted by atomic mass is 32.2. The zero-order valence-electron chi connectivity index (χ0n) is 17.6. The van der Waals surface area contributed by atoms with Gasteiger partial charge in [-0.25, -0.2) is 17.8 Å².